The van der Waals surface area contributed by atoms with E-state index < -0.39 is 0 Å². The lowest BCUT2D eigenvalue weighted by Crippen LogP contribution is -2.32. The number of carbonyl (C=O) groups excluding carboxylic acids is 2. The standard InChI is InChI=1S/C12H16N2O2/c1-9-6-11(5-4-10(9)8-15)14(3)7-12(16)13-2/h4-6,8H,7H2,1-3H3,(H,13,16). The van der Waals surface area contributed by atoms with Crippen molar-refractivity contribution in [1.82, 2.24) is 5.32 Å². The Hall–Kier alpha value is -1.84. The molecule has 0 unspecified atom stereocenters. The normalized spacial score (nSPS) is 9.69. The zero-order valence-corrected chi connectivity index (χ0v) is 9.78. The molecule has 16 heavy (non-hydrogen) atoms. The molecule has 0 saturated heterocycles. The number of likely N-dealkylation sites (N-methyl/N-ethyl adjacent to an activating group) is 2. The molecule has 86 valence electrons. The van der Waals surface area contributed by atoms with Crippen LogP contribution >= 0.6 is 0 Å². The SMILES string of the molecule is CNC(=O)CN(C)c1ccc(C=O)c(C)c1. The Balaban J connectivity index is 2.84. The first-order valence-corrected chi connectivity index (χ1v) is 5.06. The van der Waals surface area contributed by atoms with Crippen LogP contribution < -0.4 is 10.2 Å². The number of hydrogen-bond acceptors (Lipinski definition) is 3. The van der Waals surface area contributed by atoms with Crippen LogP contribution in [0.15, 0.2) is 18.2 Å². The maximum atomic E-state index is 11.2. The second-order valence-electron chi connectivity index (χ2n) is 3.69. The Morgan fingerprint density at radius 3 is 2.69 bits per heavy atom. The Morgan fingerprint density at radius 1 is 1.50 bits per heavy atom. The summed E-state index contributed by atoms with van der Waals surface area (Å²) in [6.45, 7) is 2.18. The zero-order chi connectivity index (χ0) is 12.1. The fraction of sp³-hybridized carbons (Fsp3) is 0.333. The molecule has 0 radical (unpaired) electrons. The van der Waals surface area contributed by atoms with Crippen molar-refractivity contribution >= 4 is 17.9 Å². The highest BCUT2D eigenvalue weighted by Crippen LogP contribution is 2.16. The molecule has 0 atom stereocenters. The summed E-state index contributed by atoms with van der Waals surface area (Å²) in [5.41, 5.74) is 2.51. The van der Waals surface area contributed by atoms with Crippen LogP contribution in [0.5, 0.6) is 0 Å². The van der Waals surface area contributed by atoms with Crippen LogP contribution in [0.25, 0.3) is 0 Å². The summed E-state index contributed by atoms with van der Waals surface area (Å²) < 4.78 is 0. The number of carbonyl (C=O) groups is 2. The summed E-state index contributed by atoms with van der Waals surface area (Å²) in [4.78, 5) is 23.7. The van der Waals surface area contributed by atoms with Crippen molar-refractivity contribution in [2.75, 3.05) is 25.5 Å². The molecule has 1 amide bonds. The van der Waals surface area contributed by atoms with Gasteiger partial charge in [0.1, 0.15) is 6.29 Å². The first kappa shape index (κ1) is 12.2. The molecule has 0 saturated carbocycles. The molecule has 0 fully saturated rings. The smallest absolute Gasteiger partial charge is 0.239 e. The Bertz CT molecular complexity index is 402. The molecule has 0 bridgehead atoms. The van der Waals surface area contributed by atoms with Crippen molar-refractivity contribution in [1.29, 1.82) is 0 Å². The van der Waals surface area contributed by atoms with E-state index in [0.717, 1.165) is 17.5 Å². The maximum Gasteiger partial charge on any atom is 0.239 e. The number of amides is 1. The van der Waals surface area contributed by atoms with Gasteiger partial charge in [-0.3, -0.25) is 9.59 Å². The van der Waals surface area contributed by atoms with Crippen LogP contribution in [0, 0.1) is 6.92 Å². The van der Waals surface area contributed by atoms with E-state index in [4.69, 9.17) is 0 Å². The van der Waals surface area contributed by atoms with Crippen LogP contribution in [-0.2, 0) is 4.79 Å². The third-order valence-corrected chi connectivity index (χ3v) is 2.48. The molecular formula is C12H16N2O2. The van der Waals surface area contributed by atoms with Crippen molar-refractivity contribution in [3.63, 3.8) is 0 Å². The summed E-state index contributed by atoms with van der Waals surface area (Å²) in [5, 5.41) is 2.57. The average molecular weight is 220 g/mol. The summed E-state index contributed by atoms with van der Waals surface area (Å²) in [7, 11) is 3.45. The van der Waals surface area contributed by atoms with Crippen LogP contribution in [0.2, 0.25) is 0 Å². The summed E-state index contributed by atoms with van der Waals surface area (Å²) in [6.07, 6.45) is 0.831. The minimum absolute atomic E-state index is 0.0420. The lowest BCUT2D eigenvalue weighted by atomic mass is 10.1. The molecule has 0 aliphatic carbocycles. The molecule has 0 aliphatic heterocycles. The highest BCUT2D eigenvalue weighted by Gasteiger charge is 2.07. The van der Waals surface area contributed by atoms with E-state index >= 15 is 0 Å². The number of aldehydes is 1. The van der Waals surface area contributed by atoms with Gasteiger partial charge in [-0.05, 0) is 30.7 Å². The number of benzene rings is 1. The summed E-state index contributed by atoms with van der Waals surface area (Å²) >= 11 is 0. The van der Waals surface area contributed by atoms with Gasteiger partial charge >= 0.3 is 0 Å². The number of rotatable bonds is 4. The molecular weight excluding hydrogens is 204 g/mol. The van der Waals surface area contributed by atoms with Gasteiger partial charge < -0.3 is 10.2 Å². The number of anilines is 1. The monoisotopic (exact) mass is 220 g/mol. The second kappa shape index (κ2) is 5.30. The maximum absolute atomic E-state index is 11.2. The van der Waals surface area contributed by atoms with Crippen LogP contribution in [0.4, 0.5) is 5.69 Å². The topological polar surface area (TPSA) is 49.4 Å². The predicted molar refractivity (Wildman–Crippen MR) is 63.9 cm³/mol. The molecule has 4 nitrogen and oxygen atoms in total. The minimum Gasteiger partial charge on any atom is -0.365 e. The number of hydrogen-bond donors (Lipinski definition) is 1. The van der Waals surface area contributed by atoms with E-state index in [1.165, 1.54) is 0 Å². The molecule has 1 aromatic carbocycles. The predicted octanol–water partition coefficient (Wildman–Crippen LogP) is 0.990. The highest BCUT2D eigenvalue weighted by atomic mass is 16.1. The molecule has 1 aromatic rings. The minimum atomic E-state index is -0.0420. The Kier molecular flexibility index (Phi) is 4.05. The summed E-state index contributed by atoms with van der Waals surface area (Å²) in [6, 6.07) is 5.49. The quantitative estimate of drug-likeness (QED) is 0.770. The first-order chi connectivity index (χ1) is 7.58. The molecule has 0 aliphatic rings. The number of nitrogens with zero attached hydrogens (tertiary/aromatic N) is 1. The van der Waals surface area contributed by atoms with E-state index in [-0.39, 0.29) is 5.91 Å². The number of aryl methyl sites for hydroxylation is 1. The van der Waals surface area contributed by atoms with Gasteiger partial charge in [-0.25, -0.2) is 0 Å². The molecule has 0 aromatic heterocycles. The van der Waals surface area contributed by atoms with E-state index in [9.17, 15) is 9.59 Å². The molecule has 1 rings (SSSR count). The lowest BCUT2D eigenvalue weighted by molar-refractivity contribution is -0.119. The van der Waals surface area contributed by atoms with E-state index in [1.807, 2.05) is 31.0 Å². The van der Waals surface area contributed by atoms with Gasteiger partial charge in [0.25, 0.3) is 0 Å². The Morgan fingerprint density at radius 2 is 2.19 bits per heavy atom. The van der Waals surface area contributed by atoms with E-state index in [2.05, 4.69) is 5.32 Å². The number of nitrogens with one attached hydrogen (secondary N) is 1. The first-order valence-electron chi connectivity index (χ1n) is 5.06. The van der Waals surface area contributed by atoms with Crippen LogP contribution in [0.1, 0.15) is 15.9 Å². The van der Waals surface area contributed by atoms with Gasteiger partial charge in [0.15, 0.2) is 0 Å². The highest BCUT2D eigenvalue weighted by molar-refractivity contribution is 5.82. The third-order valence-electron chi connectivity index (χ3n) is 2.48. The molecule has 4 heteroatoms. The lowest BCUT2D eigenvalue weighted by Gasteiger charge is -2.19. The van der Waals surface area contributed by atoms with Crippen molar-refractivity contribution in [2.45, 2.75) is 6.92 Å². The van der Waals surface area contributed by atoms with E-state index in [1.54, 1.807) is 13.1 Å². The van der Waals surface area contributed by atoms with Crippen LogP contribution in [-0.4, -0.2) is 32.8 Å². The van der Waals surface area contributed by atoms with Gasteiger partial charge in [-0.15, -0.1) is 0 Å². The van der Waals surface area contributed by atoms with Gasteiger partial charge in [0, 0.05) is 25.3 Å². The van der Waals surface area contributed by atoms with Gasteiger partial charge in [0.05, 0.1) is 6.54 Å². The average Bonchev–Trinajstić information content (AvgIpc) is 2.28. The fourth-order valence-corrected chi connectivity index (χ4v) is 1.42. The van der Waals surface area contributed by atoms with Crippen molar-refractivity contribution in [3.05, 3.63) is 29.3 Å². The van der Waals surface area contributed by atoms with Crippen LogP contribution in [0.3, 0.4) is 0 Å². The third kappa shape index (κ3) is 2.82. The molecule has 0 heterocycles. The van der Waals surface area contributed by atoms with Gasteiger partial charge in [-0.2, -0.15) is 0 Å². The molecule has 1 N–H and O–H groups in total. The zero-order valence-electron chi connectivity index (χ0n) is 9.78. The fourth-order valence-electron chi connectivity index (χ4n) is 1.42. The Labute approximate surface area is 95.3 Å². The second-order valence-corrected chi connectivity index (χ2v) is 3.69. The van der Waals surface area contributed by atoms with Crippen molar-refractivity contribution < 1.29 is 9.59 Å². The summed E-state index contributed by atoms with van der Waals surface area (Å²) in [5.74, 6) is -0.0420. The van der Waals surface area contributed by atoms with Gasteiger partial charge in [0.2, 0.25) is 5.91 Å². The molecule has 0 spiro atoms. The van der Waals surface area contributed by atoms with Gasteiger partial charge in [-0.1, -0.05) is 0 Å². The van der Waals surface area contributed by atoms with E-state index in [0.29, 0.717) is 12.1 Å². The largest absolute Gasteiger partial charge is 0.365 e. The van der Waals surface area contributed by atoms with Crippen molar-refractivity contribution in [3.8, 4) is 0 Å². The van der Waals surface area contributed by atoms with Crippen molar-refractivity contribution in [2.24, 2.45) is 0 Å².